The van der Waals surface area contributed by atoms with Gasteiger partial charge in [-0.15, -0.1) is 0 Å². The number of amides is 2. The summed E-state index contributed by atoms with van der Waals surface area (Å²) in [6.07, 6.45) is 5.24. The van der Waals surface area contributed by atoms with E-state index in [1.807, 2.05) is 31.2 Å². The number of carbonyl (C=O) groups is 2. The van der Waals surface area contributed by atoms with Gasteiger partial charge in [0.05, 0.1) is 10.9 Å². The number of nitrogens with zero attached hydrogens (tertiary/aromatic N) is 1. The third kappa shape index (κ3) is 7.14. The van der Waals surface area contributed by atoms with Gasteiger partial charge in [0, 0.05) is 31.6 Å². The van der Waals surface area contributed by atoms with E-state index in [0.717, 1.165) is 42.5 Å². The molecule has 34 heavy (non-hydrogen) atoms. The summed E-state index contributed by atoms with van der Waals surface area (Å²) in [6.45, 7) is 4.88. The van der Waals surface area contributed by atoms with Crippen molar-refractivity contribution in [2.75, 3.05) is 18.4 Å². The molecule has 2 amide bonds. The summed E-state index contributed by atoms with van der Waals surface area (Å²) >= 11 is 0. The summed E-state index contributed by atoms with van der Waals surface area (Å²) in [5.41, 5.74) is 2.61. The molecule has 1 saturated heterocycles. The molecule has 2 aromatic carbocycles. The molecule has 1 atom stereocenters. The number of carbonyl (C=O) groups excluding carboxylic acids is 2. The first-order valence-electron chi connectivity index (χ1n) is 12.1. The van der Waals surface area contributed by atoms with Crippen LogP contribution in [0.1, 0.15) is 69.5 Å². The summed E-state index contributed by atoms with van der Waals surface area (Å²) in [6, 6.07) is 14.2. The Balaban J connectivity index is 1.50. The summed E-state index contributed by atoms with van der Waals surface area (Å²) in [5.74, 6) is -0.112. The molecule has 7 nitrogen and oxygen atoms in total. The van der Waals surface area contributed by atoms with Crippen LogP contribution in [0.15, 0.2) is 53.4 Å². The lowest BCUT2D eigenvalue weighted by atomic mass is 10.1. The zero-order valence-electron chi connectivity index (χ0n) is 20.0. The van der Waals surface area contributed by atoms with Crippen molar-refractivity contribution in [2.45, 2.75) is 69.7 Å². The second-order valence-corrected chi connectivity index (χ2v) is 10.7. The third-order valence-corrected chi connectivity index (χ3v) is 8.07. The summed E-state index contributed by atoms with van der Waals surface area (Å²) in [7, 11) is -3.46. The molecule has 1 aliphatic heterocycles. The fourth-order valence-electron chi connectivity index (χ4n) is 4.02. The first-order valence-corrected chi connectivity index (χ1v) is 13.5. The Labute approximate surface area is 203 Å². The summed E-state index contributed by atoms with van der Waals surface area (Å²) < 4.78 is 27.4. The average Bonchev–Trinajstić information content (AvgIpc) is 3.14. The molecular weight excluding hydrogens is 450 g/mol. The lowest BCUT2D eigenvalue weighted by molar-refractivity contribution is -0.121. The molecule has 1 aliphatic rings. The molecule has 0 aromatic heterocycles. The van der Waals surface area contributed by atoms with Crippen molar-refractivity contribution >= 4 is 27.5 Å². The van der Waals surface area contributed by atoms with Crippen molar-refractivity contribution in [3.63, 3.8) is 0 Å². The van der Waals surface area contributed by atoms with Crippen LogP contribution in [0.2, 0.25) is 0 Å². The quantitative estimate of drug-likeness (QED) is 0.550. The van der Waals surface area contributed by atoms with E-state index in [4.69, 9.17) is 0 Å². The van der Waals surface area contributed by atoms with Crippen molar-refractivity contribution in [3.8, 4) is 0 Å². The van der Waals surface area contributed by atoms with Gasteiger partial charge in [-0.2, -0.15) is 4.31 Å². The number of anilines is 1. The topological polar surface area (TPSA) is 95.6 Å². The van der Waals surface area contributed by atoms with Gasteiger partial charge in [-0.05, 0) is 61.6 Å². The standard InChI is InChI=1S/C26H35N3O4S/c1-3-25(30)28-23-13-11-22(12-14-23)20(2)27-26(31)17-10-21-8-15-24(16-9-21)34(32,33)29-18-6-4-5-7-19-29/h8-9,11-16,20H,3-7,10,17-19H2,1-2H3,(H,27,31)(H,28,30). The zero-order chi connectivity index (χ0) is 24.6. The van der Waals surface area contributed by atoms with Crippen LogP contribution in [0.25, 0.3) is 0 Å². The van der Waals surface area contributed by atoms with Gasteiger partial charge in [0.15, 0.2) is 0 Å². The van der Waals surface area contributed by atoms with Crippen LogP contribution in [-0.4, -0.2) is 37.6 Å². The van der Waals surface area contributed by atoms with Crippen molar-refractivity contribution in [3.05, 3.63) is 59.7 Å². The predicted molar refractivity (Wildman–Crippen MR) is 134 cm³/mol. The highest BCUT2D eigenvalue weighted by Crippen LogP contribution is 2.21. The molecule has 8 heteroatoms. The van der Waals surface area contributed by atoms with Crippen LogP contribution >= 0.6 is 0 Å². The van der Waals surface area contributed by atoms with Crippen LogP contribution < -0.4 is 10.6 Å². The minimum Gasteiger partial charge on any atom is -0.350 e. The Hall–Kier alpha value is -2.71. The summed E-state index contributed by atoms with van der Waals surface area (Å²) in [4.78, 5) is 24.2. The number of nitrogens with one attached hydrogen (secondary N) is 2. The van der Waals surface area contributed by atoms with Gasteiger partial charge in [0.25, 0.3) is 0 Å². The second kappa shape index (κ2) is 12.1. The van der Waals surface area contributed by atoms with Crippen LogP contribution in [0.3, 0.4) is 0 Å². The van der Waals surface area contributed by atoms with Crippen LogP contribution in [-0.2, 0) is 26.0 Å². The number of hydrogen-bond donors (Lipinski definition) is 2. The molecule has 1 fully saturated rings. The van der Waals surface area contributed by atoms with E-state index in [0.29, 0.717) is 37.2 Å². The fraction of sp³-hybridized carbons (Fsp3) is 0.462. The lowest BCUT2D eigenvalue weighted by Crippen LogP contribution is -2.31. The van der Waals surface area contributed by atoms with E-state index < -0.39 is 10.0 Å². The van der Waals surface area contributed by atoms with Gasteiger partial charge in [0.2, 0.25) is 21.8 Å². The Bertz CT molecular complexity index is 1060. The largest absolute Gasteiger partial charge is 0.350 e. The Morgan fingerprint density at radius 3 is 2.12 bits per heavy atom. The molecule has 0 spiro atoms. The van der Waals surface area contributed by atoms with Gasteiger partial charge < -0.3 is 10.6 Å². The van der Waals surface area contributed by atoms with Gasteiger partial charge in [0.1, 0.15) is 0 Å². The second-order valence-electron chi connectivity index (χ2n) is 8.78. The van der Waals surface area contributed by atoms with Crippen molar-refractivity contribution in [2.24, 2.45) is 0 Å². The molecule has 2 N–H and O–H groups in total. The van der Waals surface area contributed by atoms with E-state index in [1.54, 1.807) is 35.5 Å². The van der Waals surface area contributed by atoms with Crippen molar-refractivity contribution in [1.29, 1.82) is 0 Å². The Morgan fingerprint density at radius 1 is 0.912 bits per heavy atom. The minimum atomic E-state index is -3.46. The van der Waals surface area contributed by atoms with Crippen LogP contribution in [0, 0.1) is 0 Å². The van der Waals surface area contributed by atoms with E-state index in [-0.39, 0.29) is 17.9 Å². The van der Waals surface area contributed by atoms with Crippen molar-refractivity contribution < 1.29 is 18.0 Å². The number of aryl methyl sites for hydroxylation is 1. The van der Waals surface area contributed by atoms with Crippen LogP contribution in [0.4, 0.5) is 5.69 Å². The van der Waals surface area contributed by atoms with E-state index in [2.05, 4.69) is 10.6 Å². The monoisotopic (exact) mass is 485 g/mol. The third-order valence-electron chi connectivity index (χ3n) is 6.16. The first kappa shape index (κ1) is 25.9. The first-order chi connectivity index (χ1) is 16.3. The minimum absolute atomic E-state index is 0.0401. The molecule has 0 saturated carbocycles. The Kier molecular flexibility index (Phi) is 9.24. The van der Waals surface area contributed by atoms with E-state index in [1.165, 1.54) is 0 Å². The van der Waals surface area contributed by atoms with Crippen LogP contribution in [0.5, 0.6) is 0 Å². The Morgan fingerprint density at radius 2 is 1.53 bits per heavy atom. The zero-order valence-corrected chi connectivity index (χ0v) is 20.9. The van der Waals surface area contributed by atoms with Crippen molar-refractivity contribution in [1.82, 2.24) is 9.62 Å². The molecule has 184 valence electrons. The molecule has 0 radical (unpaired) electrons. The SMILES string of the molecule is CCC(=O)Nc1ccc(C(C)NC(=O)CCc2ccc(S(=O)(=O)N3CCCCCC3)cc2)cc1. The van der Waals surface area contributed by atoms with E-state index in [9.17, 15) is 18.0 Å². The molecule has 0 aliphatic carbocycles. The maximum Gasteiger partial charge on any atom is 0.243 e. The number of benzene rings is 2. The highest BCUT2D eigenvalue weighted by atomic mass is 32.2. The highest BCUT2D eigenvalue weighted by Gasteiger charge is 2.24. The maximum absolute atomic E-state index is 12.9. The number of rotatable bonds is 9. The number of hydrogen-bond acceptors (Lipinski definition) is 4. The van der Waals surface area contributed by atoms with Gasteiger partial charge in [-0.25, -0.2) is 8.42 Å². The van der Waals surface area contributed by atoms with Gasteiger partial charge >= 0.3 is 0 Å². The fourth-order valence-corrected chi connectivity index (χ4v) is 5.54. The van der Waals surface area contributed by atoms with E-state index >= 15 is 0 Å². The average molecular weight is 486 g/mol. The molecule has 1 unspecified atom stereocenters. The predicted octanol–water partition coefficient (Wildman–Crippen LogP) is 4.41. The molecule has 3 rings (SSSR count). The maximum atomic E-state index is 12.9. The summed E-state index contributed by atoms with van der Waals surface area (Å²) in [5, 5.41) is 5.80. The molecule has 0 bridgehead atoms. The number of sulfonamides is 1. The van der Waals surface area contributed by atoms with Gasteiger partial charge in [-0.1, -0.05) is 44.0 Å². The smallest absolute Gasteiger partial charge is 0.243 e. The normalized spacial score (nSPS) is 15.8. The molecule has 2 aromatic rings. The van der Waals surface area contributed by atoms with Gasteiger partial charge in [-0.3, -0.25) is 9.59 Å². The molecule has 1 heterocycles. The molecular formula is C26H35N3O4S. The highest BCUT2D eigenvalue weighted by molar-refractivity contribution is 7.89. The lowest BCUT2D eigenvalue weighted by Gasteiger charge is -2.20.